The fraction of sp³-hybridized carbons (Fsp3) is 0.135. The summed E-state index contributed by atoms with van der Waals surface area (Å²) in [6, 6.07) is 24.8. The van der Waals surface area contributed by atoms with Gasteiger partial charge in [0.05, 0.1) is 17.1 Å². The summed E-state index contributed by atoms with van der Waals surface area (Å²) >= 11 is 6.52. The molecule has 47 heavy (non-hydrogen) atoms. The van der Waals surface area contributed by atoms with Crippen molar-refractivity contribution < 1.29 is 18.3 Å². The second-order valence-corrected chi connectivity index (χ2v) is 11.5. The highest BCUT2D eigenvalue weighted by Crippen LogP contribution is 2.33. The molecule has 0 aliphatic carbocycles. The molecule has 0 saturated heterocycles. The van der Waals surface area contributed by atoms with Gasteiger partial charge in [0.2, 0.25) is 5.91 Å². The second-order valence-electron chi connectivity index (χ2n) is 11.1. The fourth-order valence-corrected chi connectivity index (χ4v) is 5.20. The van der Waals surface area contributed by atoms with Crippen LogP contribution < -0.4 is 10.1 Å². The highest BCUT2D eigenvalue weighted by atomic mass is 35.5. The summed E-state index contributed by atoms with van der Waals surface area (Å²) in [6.45, 7) is 4.45. The van der Waals surface area contributed by atoms with Crippen molar-refractivity contribution in [1.29, 1.82) is 0 Å². The number of benzene rings is 3. The molecule has 0 atom stereocenters. The van der Waals surface area contributed by atoms with E-state index in [9.17, 15) is 9.18 Å². The standard InChI is InChI=1S/C37H31ClFN5O3/c1-24(2)44(36(45)15-8-25-6-4-16-40-20-25)21-30-11-14-34(47-30)27-9-12-33-31(18-27)37(42-23-41-33)43-29-10-13-35(32(38)19-29)46-22-26-5-3-7-28(39)17-26/h3-20,23-24H,21-22H2,1-2H3,(H,41,42,43)/b15-8+. The Labute approximate surface area is 276 Å². The van der Waals surface area contributed by atoms with Crippen molar-refractivity contribution in [3.05, 3.63) is 137 Å². The van der Waals surface area contributed by atoms with E-state index in [4.69, 9.17) is 20.8 Å². The minimum atomic E-state index is -0.320. The predicted molar refractivity (Wildman–Crippen MR) is 182 cm³/mol. The van der Waals surface area contributed by atoms with E-state index in [1.807, 2.05) is 62.4 Å². The van der Waals surface area contributed by atoms with Crippen LogP contribution in [0.1, 0.15) is 30.7 Å². The van der Waals surface area contributed by atoms with Crippen LogP contribution in [0.4, 0.5) is 15.9 Å². The molecule has 10 heteroatoms. The lowest BCUT2D eigenvalue weighted by atomic mass is 10.1. The quantitative estimate of drug-likeness (QED) is 0.140. The van der Waals surface area contributed by atoms with Gasteiger partial charge in [-0.2, -0.15) is 0 Å². The Hall–Kier alpha value is -5.54. The zero-order chi connectivity index (χ0) is 32.8. The van der Waals surface area contributed by atoms with Crippen molar-refractivity contribution in [2.75, 3.05) is 5.32 Å². The average molecular weight is 648 g/mol. The molecule has 6 aromatic rings. The number of pyridine rings is 1. The number of halogens is 2. The van der Waals surface area contributed by atoms with Crippen molar-refractivity contribution in [3.63, 3.8) is 0 Å². The molecule has 6 rings (SSSR count). The molecule has 1 amide bonds. The Kier molecular flexibility index (Phi) is 9.54. The zero-order valence-electron chi connectivity index (χ0n) is 25.7. The van der Waals surface area contributed by atoms with E-state index in [1.165, 1.54) is 18.5 Å². The smallest absolute Gasteiger partial charge is 0.247 e. The first-order valence-corrected chi connectivity index (χ1v) is 15.4. The molecular weight excluding hydrogens is 617 g/mol. The summed E-state index contributed by atoms with van der Waals surface area (Å²) in [5, 5.41) is 4.51. The molecule has 0 aliphatic heterocycles. The average Bonchev–Trinajstić information content (AvgIpc) is 3.55. The van der Waals surface area contributed by atoms with Gasteiger partial charge >= 0.3 is 0 Å². The van der Waals surface area contributed by atoms with E-state index in [2.05, 4.69) is 20.3 Å². The van der Waals surface area contributed by atoms with Gasteiger partial charge in [0.25, 0.3) is 0 Å². The van der Waals surface area contributed by atoms with Crippen LogP contribution in [-0.4, -0.2) is 31.8 Å². The second kappa shape index (κ2) is 14.3. The van der Waals surface area contributed by atoms with E-state index in [1.54, 1.807) is 53.7 Å². The maximum Gasteiger partial charge on any atom is 0.247 e. The Morgan fingerprint density at radius 3 is 2.72 bits per heavy atom. The molecule has 0 saturated carbocycles. The van der Waals surface area contributed by atoms with Crippen LogP contribution in [0.3, 0.4) is 0 Å². The molecule has 0 fully saturated rings. The minimum Gasteiger partial charge on any atom is -0.487 e. The molecule has 0 spiro atoms. The maximum atomic E-state index is 13.5. The first-order chi connectivity index (χ1) is 22.8. The van der Waals surface area contributed by atoms with E-state index in [0.29, 0.717) is 45.9 Å². The van der Waals surface area contributed by atoms with Crippen LogP contribution in [0, 0.1) is 5.82 Å². The number of aromatic nitrogens is 3. The zero-order valence-corrected chi connectivity index (χ0v) is 26.5. The Morgan fingerprint density at radius 1 is 1.04 bits per heavy atom. The third kappa shape index (κ3) is 7.82. The van der Waals surface area contributed by atoms with Crippen molar-refractivity contribution in [1.82, 2.24) is 19.9 Å². The number of nitrogens with one attached hydrogen (secondary N) is 1. The van der Waals surface area contributed by atoms with Crippen molar-refractivity contribution in [2.24, 2.45) is 0 Å². The number of fused-ring (bicyclic) bond motifs is 1. The van der Waals surface area contributed by atoms with E-state index < -0.39 is 0 Å². The molecule has 1 N–H and O–H groups in total. The van der Waals surface area contributed by atoms with Crippen LogP contribution in [-0.2, 0) is 17.9 Å². The lowest BCUT2D eigenvalue weighted by Crippen LogP contribution is -2.35. The molecular formula is C37H31ClFN5O3. The number of anilines is 2. The first kappa shape index (κ1) is 31.4. The van der Waals surface area contributed by atoms with Gasteiger partial charge < -0.3 is 19.4 Å². The number of furan rings is 1. The summed E-state index contributed by atoms with van der Waals surface area (Å²) in [6.07, 6.45) is 8.20. The van der Waals surface area contributed by atoms with Gasteiger partial charge in [0.15, 0.2) is 0 Å². The van der Waals surface area contributed by atoms with Crippen LogP contribution in [0.15, 0.2) is 114 Å². The van der Waals surface area contributed by atoms with Gasteiger partial charge in [0.1, 0.15) is 41.8 Å². The lowest BCUT2D eigenvalue weighted by Gasteiger charge is -2.24. The fourth-order valence-electron chi connectivity index (χ4n) is 4.97. The molecule has 3 aromatic heterocycles. The third-order valence-corrected chi connectivity index (χ3v) is 7.69. The van der Waals surface area contributed by atoms with Crippen molar-refractivity contribution in [2.45, 2.75) is 33.0 Å². The molecule has 8 nitrogen and oxygen atoms in total. The third-order valence-electron chi connectivity index (χ3n) is 7.39. The van der Waals surface area contributed by atoms with E-state index in [-0.39, 0.29) is 24.4 Å². The van der Waals surface area contributed by atoms with Crippen LogP contribution >= 0.6 is 11.6 Å². The lowest BCUT2D eigenvalue weighted by molar-refractivity contribution is -0.128. The molecule has 3 heterocycles. The number of ether oxygens (including phenoxy) is 1. The highest BCUT2D eigenvalue weighted by Gasteiger charge is 2.18. The van der Waals surface area contributed by atoms with Crippen LogP contribution in [0.2, 0.25) is 5.02 Å². The Morgan fingerprint density at radius 2 is 1.94 bits per heavy atom. The van der Waals surface area contributed by atoms with E-state index in [0.717, 1.165) is 22.0 Å². The number of carbonyl (C=O) groups is 1. The van der Waals surface area contributed by atoms with Gasteiger partial charge in [-0.05, 0) is 97.8 Å². The summed E-state index contributed by atoms with van der Waals surface area (Å²) in [7, 11) is 0. The first-order valence-electron chi connectivity index (χ1n) is 15.0. The normalized spacial score (nSPS) is 11.3. The Bertz CT molecular complexity index is 2050. The number of hydrogen-bond acceptors (Lipinski definition) is 7. The predicted octanol–water partition coefficient (Wildman–Crippen LogP) is 8.85. The minimum absolute atomic E-state index is 0.0383. The van der Waals surface area contributed by atoms with Crippen molar-refractivity contribution in [3.8, 4) is 17.1 Å². The highest BCUT2D eigenvalue weighted by molar-refractivity contribution is 6.32. The number of nitrogens with zero attached hydrogens (tertiary/aromatic N) is 4. The number of amides is 1. The number of rotatable bonds is 11. The summed E-state index contributed by atoms with van der Waals surface area (Å²) < 4.78 is 25.5. The molecule has 0 aliphatic rings. The van der Waals surface area contributed by atoms with Gasteiger partial charge in [0, 0.05) is 41.1 Å². The summed E-state index contributed by atoms with van der Waals surface area (Å²) in [4.78, 5) is 27.8. The van der Waals surface area contributed by atoms with Gasteiger partial charge in [-0.1, -0.05) is 29.8 Å². The summed E-state index contributed by atoms with van der Waals surface area (Å²) in [5.74, 6) is 1.94. The maximum absolute atomic E-state index is 13.5. The SMILES string of the molecule is CC(C)N(Cc1ccc(-c2ccc3ncnc(Nc4ccc(OCc5cccc(F)c5)c(Cl)c4)c3c2)o1)C(=O)/C=C/c1cccnc1. The van der Waals surface area contributed by atoms with Gasteiger partial charge in [-0.3, -0.25) is 9.78 Å². The van der Waals surface area contributed by atoms with Crippen LogP contribution in [0.25, 0.3) is 28.3 Å². The topological polar surface area (TPSA) is 93.4 Å². The summed E-state index contributed by atoms with van der Waals surface area (Å²) in [5.41, 5.74) is 3.84. The molecule has 3 aromatic carbocycles. The molecule has 0 unspecified atom stereocenters. The van der Waals surface area contributed by atoms with Crippen molar-refractivity contribution >= 4 is 46.0 Å². The van der Waals surface area contributed by atoms with Gasteiger partial charge in [-0.25, -0.2) is 14.4 Å². The number of hydrogen-bond donors (Lipinski definition) is 1. The molecule has 236 valence electrons. The molecule has 0 bridgehead atoms. The number of carbonyl (C=O) groups excluding carboxylic acids is 1. The monoisotopic (exact) mass is 647 g/mol. The van der Waals surface area contributed by atoms with E-state index >= 15 is 0 Å². The Balaban J connectivity index is 1.17. The molecule has 0 radical (unpaired) electrons. The largest absolute Gasteiger partial charge is 0.487 e. The van der Waals surface area contributed by atoms with Crippen LogP contribution in [0.5, 0.6) is 5.75 Å². The van der Waals surface area contributed by atoms with Gasteiger partial charge in [-0.15, -0.1) is 0 Å².